The van der Waals surface area contributed by atoms with E-state index in [1.165, 1.54) is 11.3 Å². The first-order valence-electron chi connectivity index (χ1n) is 5.84. The fourth-order valence-corrected chi connectivity index (χ4v) is 3.41. The second kappa shape index (κ2) is 3.91. The number of ether oxygens (including phenoxy) is 2. The summed E-state index contributed by atoms with van der Waals surface area (Å²) < 4.78 is 11.3. The largest absolute Gasteiger partial charge is 0.384 e. The first kappa shape index (κ1) is 11.4. The Balaban J connectivity index is 1.75. The Labute approximate surface area is 104 Å². The zero-order valence-electron chi connectivity index (χ0n) is 9.52. The predicted molar refractivity (Wildman–Crippen MR) is 63.5 cm³/mol. The molecule has 1 aromatic rings. The molecule has 1 aromatic heterocycles. The van der Waals surface area contributed by atoms with Crippen molar-refractivity contribution >= 4 is 16.5 Å². The fraction of sp³-hybridized carbons (Fsp3) is 0.727. The van der Waals surface area contributed by atoms with E-state index < -0.39 is 11.4 Å². The van der Waals surface area contributed by atoms with Crippen LogP contribution < -0.4 is 5.73 Å². The first-order valence-corrected chi connectivity index (χ1v) is 6.66. The number of hydrogen-bond donors (Lipinski definition) is 2. The Morgan fingerprint density at radius 1 is 1.24 bits per heavy atom. The van der Waals surface area contributed by atoms with Crippen LogP contribution in [0, 0.1) is 0 Å². The Morgan fingerprint density at radius 3 is 2.41 bits per heavy atom. The number of nitrogen functional groups attached to an aromatic ring is 1. The van der Waals surface area contributed by atoms with Crippen molar-refractivity contribution in [1.82, 2.24) is 4.98 Å². The average molecular weight is 256 g/mol. The van der Waals surface area contributed by atoms with Crippen LogP contribution in [0.25, 0.3) is 0 Å². The third kappa shape index (κ3) is 1.95. The molecule has 3 rings (SSSR count). The van der Waals surface area contributed by atoms with Gasteiger partial charge in [0.05, 0.1) is 18.1 Å². The van der Waals surface area contributed by atoms with Gasteiger partial charge in [0.1, 0.15) is 5.60 Å². The van der Waals surface area contributed by atoms with Gasteiger partial charge in [0.25, 0.3) is 0 Å². The highest BCUT2D eigenvalue weighted by atomic mass is 32.1. The molecule has 0 atom stereocenters. The molecule has 1 spiro atoms. The zero-order valence-corrected chi connectivity index (χ0v) is 10.3. The smallest absolute Gasteiger partial charge is 0.180 e. The molecular weight excluding hydrogens is 240 g/mol. The minimum atomic E-state index is -0.810. The molecule has 2 heterocycles. The van der Waals surface area contributed by atoms with E-state index in [-0.39, 0.29) is 0 Å². The van der Waals surface area contributed by atoms with Crippen molar-refractivity contribution in [1.29, 1.82) is 0 Å². The monoisotopic (exact) mass is 256 g/mol. The van der Waals surface area contributed by atoms with Crippen LogP contribution in [0.15, 0.2) is 6.20 Å². The number of nitrogens with zero attached hydrogens (tertiary/aromatic N) is 1. The lowest BCUT2D eigenvalue weighted by Gasteiger charge is -2.39. The first-order chi connectivity index (χ1) is 8.12. The summed E-state index contributed by atoms with van der Waals surface area (Å²) in [6, 6.07) is 0. The molecule has 6 heteroatoms. The van der Waals surface area contributed by atoms with Gasteiger partial charge >= 0.3 is 0 Å². The lowest BCUT2D eigenvalue weighted by molar-refractivity contribution is -0.203. The van der Waals surface area contributed by atoms with E-state index in [9.17, 15) is 5.11 Å². The number of hydrogen-bond acceptors (Lipinski definition) is 6. The predicted octanol–water partition coefficient (Wildman–Crippen LogP) is 1.23. The quantitative estimate of drug-likeness (QED) is 0.790. The highest BCUT2D eigenvalue weighted by Crippen LogP contribution is 2.46. The van der Waals surface area contributed by atoms with E-state index in [0.717, 1.165) is 17.7 Å². The summed E-state index contributed by atoms with van der Waals surface area (Å²) in [5.41, 5.74) is 4.80. The van der Waals surface area contributed by atoms with Crippen molar-refractivity contribution in [3.8, 4) is 0 Å². The second-order valence-corrected chi connectivity index (χ2v) is 5.76. The summed E-state index contributed by atoms with van der Waals surface area (Å²) in [6.07, 6.45) is 4.39. The summed E-state index contributed by atoms with van der Waals surface area (Å²) in [5, 5.41) is 11.1. The van der Waals surface area contributed by atoms with Gasteiger partial charge in [-0.2, -0.15) is 0 Å². The molecule has 0 amide bonds. The van der Waals surface area contributed by atoms with Gasteiger partial charge in [0.15, 0.2) is 10.9 Å². The van der Waals surface area contributed by atoms with Crippen molar-refractivity contribution in [2.75, 3.05) is 18.9 Å². The molecule has 1 aliphatic heterocycles. The van der Waals surface area contributed by atoms with Crippen molar-refractivity contribution < 1.29 is 14.6 Å². The standard InChI is InChI=1S/C11H16N2O3S/c12-9-13-7-8(17-9)10(14)1-3-11(4-2-10)15-5-6-16-11/h7,14H,1-6H2,(H2,12,13). The van der Waals surface area contributed by atoms with Gasteiger partial charge < -0.3 is 20.3 Å². The molecule has 2 fully saturated rings. The average Bonchev–Trinajstić information content (AvgIpc) is 2.94. The number of rotatable bonds is 1. The van der Waals surface area contributed by atoms with E-state index in [1.54, 1.807) is 6.20 Å². The number of nitrogens with two attached hydrogens (primary N) is 1. The summed E-state index contributed by atoms with van der Waals surface area (Å²) in [6.45, 7) is 1.32. The van der Waals surface area contributed by atoms with Gasteiger partial charge in [-0.3, -0.25) is 0 Å². The topological polar surface area (TPSA) is 77.6 Å². The molecule has 1 saturated carbocycles. The van der Waals surface area contributed by atoms with Crippen LogP contribution in [0.3, 0.4) is 0 Å². The SMILES string of the molecule is Nc1ncc(C2(O)CCC3(CC2)OCCO3)s1. The van der Waals surface area contributed by atoms with Crippen LogP contribution in [-0.2, 0) is 15.1 Å². The molecule has 5 nitrogen and oxygen atoms in total. The maximum absolute atomic E-state index is 10.6. The van der Waals surface area contributed by atoms with E-state index in [0.29, 0.717) is 31.2 Å². The number of thiazole rings is 1. The Morgan fingerprint density at radius 2 is 1.88 bits per heavy atom. The summed E-state index contributed by atoms with van der Waals surface area (Å²) in [7, 11) is 0. The fourth-order valence-electron chi connectivity index (χ4n) is 2.58. The normalized spacial score (nSPS) is 26.4. The van der Waals surface area contributed by atoms with Crippen LogP contribution in [0.1, 0.15) is 30.6 Å². The molecule has 0 radical (unpaired) electrons. The Bertz CT molecular complexity index is 405. The molecule has 17 heavy (non-hydrogen) atoms. The molecule has 1 saturated heterocycles. The van der Waals surface area contributed by atoms with E-state index in [2.05, 4.69) is 4.98 Å². The van der Waals surface area contributed by atoms with Crippen molar-refractivity contribution in [3.05, 3.63) is 11.1 Å². The van der Waals surface area contributed by atoms with Gasteiger partial charge in [-0.05, 0) is 12.8 Å². The Hall–Kier alpha value is -0.690. The summed E-state index contributed by atoms with van der Waals surface area (Å²) >= 11 is 1.36. The third-order valence-corrected chi connectivity index (χ3v) is 4.65. The molecule has 94 valence electrons. The van der Waals surface area contributed by atoms with Gasteiger partial charge in [-0.1, -0.05) is 11.3 Å². The second-order valence-electron chi connectivity index (χ2n) is 4.70. The van der Waals surface area contributed by atoms with Crippen LogP contribution in [0.2, 0.25) is 0 Å². The van der Waals surface area contributed by atoms with Gasteiger partial charge in [0.2, 0.25) is 0 Å². The molecule has 1 aliphatic carbocycles. The highest BCUT2D eigenvalue weighted by Gasteiger charge is 2.46. The van der Waals surface area contributed by atoms with Crippen LogP contribution in [-0.4, -0.2) is 29.1 Å². The number of aliphatic hydroxyl groups is 1. The van der Waals surface area contributed by atoms with E-state index in [1.807, 2.05) is 0 Å². The third-order valence-electron chi connectivity index (χ3n) is 3.63. The van der Waals surface area contributed by atoms with Gasteiger partial charge in [-0.15, -0.1) is 0 Å². The molecule has 2 aliphatic rings. The van der Waals surface area contributed by atoms with Crippen LogP contribution in [0.5, 0.6) is 0 Å². The molecule has 0 aromatic carbocycles. The number of aromatic nitrogens is 1. The van der Waals surface area contributed by atoms with Crippen LogP contribution >= 0.6 is 11.3 Å². The van der Waals surface area contributed by atoms with Crippen molar-refractivity contribution in [2.45, 2.75) is 37.1 Å². The molecule has 0 unspecified atom stereocenters. The maximum Gasteiger partial charge on any atom is 0.180 e. The van der Waals surface area contributed by atoms with Crippen molar-refractivity contribution in [2.24, 2.45) is 0 Å². The minimum absolute atomic E-state index is 0.442. The van der Waals surface area contributed by atoms with Crippen molar-refractivity contribution in [3.63, 3.8) is 0 Å². The van der Waals surface area contributed by atoms with E-state index in [4.69, 9.17) is 15.2 Å². The van der Waals surface area contributed by atoms with Gasteiger partial charge in [0, 0.05) is 19.0 Å². The summed E-state index contributed by atoms with van der Waals surface area (Å²) in [5.74, 6) is -0.442. The lowest BCUT2D eigenvalue weighted by atomic mass is 9.80. The highest BCUT2D eigenvalue weighted by molar-refractivity contribution is 7.15. The molecule has 3 N–H and O–H groups in total. The van der Waals surface area contributed by atoms with E-state index >= 15 is 0 Å². The maximum atomic E-state index is 10.6. The van der Waals surface area contributed by atoms with Gasteiger partial charge in [-0.25, -0.2) is 4.98 Å². The molecular formula is C11H16N2O3S. The van der Waals surface area contributed by atoms with Crippen LogP contribution in [0.4, 0.5) is 5.13 Å². The zero-order chi connectivity index (χ0) is 11.9. The lowest BCUT2D eigenvalue weighted by Crippen LogP contribution is -2.41. The minimum Gasteiger partial charge on any atom is -0.384 e. The number of anilines is 1. The summed E-state index contributed by atoms with van der Waals surface area (Å²) in [4.78, 5) is 4.85. The molecule has 0 bridgehead atoms. The Kier molecular flexibility index (Phi) is 2.62.